The first-order valence-electron chi connectivity index (χ1n) is 9.61. The van der Waals surface area contributed by atoms with Crippen LogP contribution in [0.3, 0.4) is 0 Å². The lowest BCUT2D eigenvalue weighted by atomic mass is 10.0. The van der Waals surface area contributed by atoms with Crippen molar-refractivity contribution in [2.24, 2.45) is 0 Å². The predicted molar refractivity (Wildman–Crippen MR) is 119 cm³/mol. The summed E-state index contributed by atoms with van der Waals surface area (Å²) in [5.74, 6) is 0.419. The van der Waals surface area contributed by atoms with Crippen LogP contribution in [0.5, 0.6) is 5.75 Å². The van der Waals surface area contributed by atoms with E-state index in [4.69, 9.17) is 16.3 Å². The van der Waals surface area contributed by atoms with Gasteiger partial charge in [-0.15, -0.1) is 0 Å². The lowest BCUT2D eigenvalue weighted by Gasteiger charge is -2.18. The van der Waals surface area contributed by atoms with Crippen molar-refractivity contribution < 1.29 is 13.2 Å². The van der Waals surface area contributed by atoms with Crippen LogP contribution >= 0.6 is 11.6 Å². The van der Waals surface area contributed by atoms with Crippen molar-refractivity contribution in [2.75, 3.05) is 6.61 Å². The van der Waals surface area contributed by atoms with Crippen LogP contribution in [-0.4, -0.2) is 15.0 Å². The maximum Gasteiger partial charge on any atom is 0.210 e. The SMILES string of the molecule is CCCCOc1c(S(=O)(=O)c2ccc(Cl)cc2)c2ccccc2c2ccccc12. The molecule has 4 aromatic carbocycles. The number of fused-ring (bicyclic) bond motifs is 3. The molecule has 0 fully saturated rings. The summed E-state index contributed by atoms with van der Waals surface area (Å²) in [5, 5.41) is 3.82. The maximum atomic E-state index is 13.7. The fraction of sp³-hybridized carbons (Fsp3) is 0.167. The van der Waals surface area contributed by atoms with Crippen LogP contribution in [0.25, 0.3) is 21.5 Å². The Morgan fingerprint density at radius 1 is 0.793 bits per heavy atom. The molecular weight excluding hydrogens is 404 g/mol. The zero-order valence-electron chi connectivity index (χ0n) is 16.1. The summed E-state index contributed by atoms with van der Waals surface area (Å²) >= 11 is 5.98. The summed E-state index contributed by atoms with van der Waals surface area (Å²) in [6.07, 6.45) is 1.81. The van der Waals surface area contributed by atoms with Crippen molar-refractivity contribution in [3.05, 3.63) is 77.8 Å². The van der Waals surface area contributed by atoms with Gasteiger partial charge in [0.25, 0.3) is 0 Å². The molecular formula is C24H21ClO3S. The highest BCUT2D eigenvalue weighted by Gasteiger charge is 2.27. The maximum absolute atomic E-state index is 13.7. The van der Waals surface area contributed by atoms with E-state index in [0.29, 0.717) is 22.8 Å². The topological polar surface area (TPSA) is 43.4 Å². The first-order chi connectivity index (χ1) is 14.0. The molecule has 0 radical (unpaired) electrons. The molecule has 0 unspecified atom stereocenters. The van der Waals surface area contributed by atoms with E-state index in [1.54, 1.807) is 12.1 Å². The largest absolute Gasteiger partial charge is 0.492 e. The highest BCUT2D eigenvalue weighted by Crippen LogP contribution is 2.43. The summed E-state index contributed by atoms with van der Waals surface area (Å²) in [7, 11) is -3.83. The summed E-state index contributed by atoms with van der Waals surface area (Å²) < 4.78 is 33.6. The van der Waals surface area contributed by atoms with E-state index < -0.39 is 9.84 Å². The van der Waals surface area contributed by atoms with Crippen LogP contribution in [0.4, 0.5) is 0 Å². The summed E-state index contributed by atoms with van der Waals surface area (Å²) in [6, 6.07) is 21.6. The molecule has 0 heterocycles. The van der Waals surface area contributed by atoms with E-state index in [1.165, 1.54) is 12.1 Å². The molecule has 0 saturated carbocycles. The minimum absolute atomic E-state index is 0.197. The fourth-order valence-corrected chi connectivity index (χ4v) is 5.27. The highest BCUT2D eigenvalue weighted by molar-refractivity contribution is 7.91. The Hall–Kier alpha value is -2.56. The molecule has 0 aliphatic rings. The van der Waals surface area contributed by atoms with Gasteiger partial charge in [-0.1, -0.05) is 73.5 Å². The van der Waals surface area contributed by atoms with Gasteiger partial charge in [0.05, 0.1) is 11.5 Å². The summed E-state index contributed by atoms with van der Waals surface area (Å²) in [4.78, 5) is 0.410. The second kappa shape index (κ2) is 8.05. The van der Waals surface area contributed by atoms with E-state index in [0.717, 1.165) is 29.0 Å². The Labute approximate surface area is 175 Å². The second-order valence-corrected chi connectivity index (χ2v) is 9.23. The number of ether oxygens (including phenoxy) is 1. The minimum Gasteiger partial charge on any atom is -0.492 e. The monoisotopic (exact) mass is 424 g/mol. The van der Waals surface area contributed by atoms with Crippen LogP contribution in [0.1, 0.15) is 19.8 Å². The van der Waals surface area contributed by atoms with Crippen LogP contribution < -0.4 is 4.74 Å². The number of unbranched alkanes of at least 4 members (excludes halogenated alkanes) is 1. The van der Waals surface area contributed by atoms with Crippen LogP contribution in [-0.2, 0) is 9.84 Å². The molecule has 0 amide bonds. The van der Waals surface area contributed by atoms with Gasteiger partial charge in [0.2, 0.25) is 9.84 Å². The molecule has 3 nitrogen and oxygen atoms in total. The first-order valence-corrected chi connectivity index (χ1v) is 11.5. The van der Waals surface area contributed by atoms with Crippen LogP contribution in [0.2, 0.25) is 5.02 Å². The number of halogens is 1. The smallest absolute Gasteiger partial charge is 0.210 e. The van der Waals surface area contributed by atoms with Gasteiger partial charge in [-0.2, -0.15) is 0 Å². The Kier molecular flexibility index (Phi) is 5.48. The third kappa shape index (κ3) is 3.59. The first kappa shape index (κ1) is 19.7. The number of benzene rings is 4. The van der Waals surface area contributed by atoms with Crippen LogP contribution in [0, 0.1) is 0 Å². The third-order valence-electron chi connectivity index (χ3n) is 4.98. The fourth-order valence-electron chi connectivity index (χ4n) is 3.54. The number of sulfone groups is 1. The van der Waals surface area contributed by atoms with Gasteiger partial charge in [0.15, 0.2) is 0 Å². The van der Waals surface area contributed by atoms with Crippen molar-refractivity contribution >= 4 is 43.0 Å². The van der Waals surface area contributed by atoms with Gasteiger partial charge in [0.1, 0.15) is 10.6 Å². The van der Waals surface area contributed by atoms with Crippen molar-refractivity contribution in [1.29, 1.82) is 0 Å². The van der Waals surface area contributed by atoms with Crippen molar-refractivity contribution in [3.63, 3.8) is 0 Å². The molecule has 29 heavy (non-hydrogen) atoms. The zero-order chi connectivity index (χ0) is 20.4. The molecule has 0 aromatic heterocycles. The van der Waals surface area contributed by atoms with Crippen molar-refractivity contribution in [3.8, 4) is 5.75 Å². The summed E-state index contributed by atoms with van der Waals surface area (Å²) in [5.41, 5.74) is 0. The highest BCUT2D eigenvalue weighted by atomic mass is 35.5. The minimum atomic E-state index is -3.83. The van der Waals surface area contributed by atoms with E-state index in [1.807, 2.05) is 48.5 Å². The Balaban J connectivity index is 2.09. The lowest BCUT2D eigenvalue weighted by Crippen LogP contribution is -2.08. The molecule has 5 heteroatoms. The molecule has 0 saturated heterocycles. The van der Waals surface area contributed by atoms with E-state index in [2.05, 4.69) is 6.92 Å². The average molecular weight is 425 g/mol. The van der Waals surface area contributed by atoms with Gasteiger partial charge in [-0.05, 0) is 41.5 Å². The standard InChI is InChI=1S/C24H21ClO3S/c1-2-3-16-28-23-21-10-6-4-8-19(21)20-9-5-7-11-22(20)24(23)29(26,27)18-14-12-17(25)13-15-18/h4-15H,2-3,16H2,1H3. The van der Waals surface area contributed by atoms with Gasteiger partial charge in [0, 0.05) is 15.8 Å². The number of rotatable bonds is 6. The molecule has 0 N–H and O–H groups in total. The second-order valence-electron chi connectivity index (χ2n) is 6.91. The molecule has 0 atom stereocenters. The van der Waals surface area contributed by atoms with Gasteiger partial charge >= 0.3 is 0 Å². The van der Waals surface area contributed by atoms with E-state index in [9.17, 15) is 8.42 Å². The molecule has 4 aromatic rings. The van der Waals surface area contributed by atoms with Crippen molar-refractivity contribution in [2.45, 2.75) is 29.6 Å². The molecule has 0 aliphatic heterocycles. The van der Waals surface area contributed by atoms with E-state index in [-0.39, 0.29) is 9.79 Å². The number of hydrogen-bond donors (Lipinski definition) is 0. The van der Waals surface area contributed by atoms with Crippen molar-refractivity contribution in [1.82, 2.24) is 0 Å². The predicted octanol–water partition coefficient (Wildman–Crippen LogP) is 6.66. The third-order valence-corrected chi connectivity index (χ3v) is 7.06. The Bertz CT molecular complexity index is 1280. The van der Waals surface area contributed by atoms with Gasteiger partial charge in [-0.25, -0.2) is 8.42 Å². The summed E-state index contributed by atoms with van der Waals surface area (Å²) in [6.45, 7) is 2.54. The van der Waals surface area contributed by atoms with E-state index >= 15 is 0 Å². The van der Waals surface area contributed by atoms with Gasteiger partial charge in [-0.3, -0.25) is 0 Å². The average Bonchev–Trinajstić information content (AvgIpc) is 2.74. The Morgan fingerprint density at radius 2 is 1.34 bits per heavy atom. The lowest BCUT2D eigenvalue weighted by molar-refractivity contribution is 0.306. The Morgan fingerprint density at radius 3 is 1.97 bits per heavy atom. The number of hydrogen-bond acceptors (Lipinski definition) is 3. The zero-order valence-corrected chi connectivity index (χ0v) is 17.6. The molecule has 4 rings (SSSR count). The normalized spacial score (nSPS) is 11.8. The van der Waals surface area contributed by atoms with Gasteiger partial charge < -0.3 is 4.74 Å². The molecule has 0 aliphatic carbocycles. The van der Waals surface area contributed by atoms with Crippen LogP contribution in [0.15, 0.2) is 82.6 Å². The molecule has 148 valence electrons. The molecule has 0 bridgehead atoms. The molecule has 0 spiro atoms. The quantitative estimate of drug-likeness (QED) is 0.257.